The van der Waals surface area contributed by atoms with Crippen molar-refractivity contribution in [2.75, 3.05) is 6.54 Å². The summed E-state index contributed by atoms with van der Waals surface area (Å²) < 4.78 is 0.956. The molecule has 1 aromatic carbocycles. The highest BCUT2D eigenvalue weighted by Gasteiger charge is 2.37. The van der Waals surface area contributed by atoms with Crippen LogP contribution < -0.4 is 11.1 Å². The van der Waals surface area contributed by atoms with Crippen LogP contribution in [0, 0.1) is 0 Å². The number of rotatable bonds is 9. The number of hydrogen-bond acceptors (Lipinski definition) is 4. The molecule has 144 valence electrons. The molecule has 5 nitrogen and oxygen atoms in total. The van der Waals surface area contributed by atoms with Crippen LogP contribution in [-0.4, -0.2) is 22.4 Å². The number of carbonyl (C=O) groups excluding carboxylic acids is 1. The van der Waals surface area contributed by atoms with E-state index in [1.165, 1.54) is 0 Å². The Labute approximate surface area is 173 Å². The van der Waals surface area contributed by atoms with Gasteiger partial charge in [-0.1, -0.05) is 40.2 Å². The highest BCUT2D eigenvalue weighted by Crippen LogP contribution is 2.28. The largest absolute Gasteiger partial charge is 0.368 e. The predicted molar refractivity (Wildman–Crippen MR) is 114 cm³/mol. The molecule has 0 aliphatic heterocycles. The lowest BCUT2D eigenvalue weighted by Crippen LogP contribution is -2.53. The number of carbonyl (C=O) groups is 1. The molecule has 1 amide bonds. The number of halogens is 1. The average Bonchev–Trinajstić information content (AvgIpc) is 2.72. The van der Waals surface area contributed by atoms with Gasteiger partial charge in [-0.15, -0.1) is 0 Å². The van der Waals surface area contributed by atoms with Crippen molar-refractivity contribution in [3.63, 3.8) is 0 Å². The average molecular weight is 439 g/mol. The highest BCUT2D eigenvalue weighted by molar-refractivity contribution is 9.10. The molecule has 2 heterocycles. The van der Waals surface area contributed by atoms with Gasteiger partial charge in [0.05, 0.1) is 0 Å². The van der Waals surface area contributed by atoms with Crippen molar-refractivity contribution in [3.05, 3.63) is 94.5 Å². The molecule has 2 aromatic heterocycles. The van der Waals surface area contributed by atoms with Crippen molar-refractivity contribution in [3.8, 4) is 0 Å². The first-order chi connectivity index (χ1) is 13.6. The van der Waals surface area contributed by atoms with Crippen LogP contribution in [0.3, 0.4) is 0 Å². The molecule has 0 radical (unpaired) electrons. The minimum atomic E-state index is -0.960. The normalized spacial score (nSPS) is 13.0. The topological polar surface area (TPSA) is 80.9 Å². The number of amides is 1. The molecule has 0 saturated carbocycles. The first-order valence-electron chi connectivity index (χ1n) is 9.19. The van der Waals surface area contributed by atoms with Crippen LogP contribution >= 0.6 is 15.9 Å². The Balaban J connectivity index is 1.83. The van der Waals surface area contributed by atoms with Crippen molar-refractivity contribution >= 4 is 21.8 Å². The van der Waals surface area contributed by atoms with Crippen molar-refractivity contribution in [1.29, 1.82) is 0 Å². The van der Waals surface area contributed by atoms with Crippen LogP contribution in [0.25, 0.3) is 0 Å². The molecule has 28 heavy (non-hydrogen) atoms. The van der Waals surface area contributed by atoms with Gasteiger partial charge >= 0.3 is 0 Å². The van der Waals surface area contributed by atoms with Crippen LogP contribution in [0.1, 0.15) is 23.1 Å². The third-order valence-electron chi connectivity index (χ3n) is 4.83. The predicted octanol–water partition coefficient (Wildman–Crippen LogP) is 3.38. The van der Waals surface area contributed by atoms with Crippen molar-refractivity contribution in [2.45, 2.75) is 24.8 Å². The van der Waals surface area contributed by atoms with Gasteiger partial charge in [0.15, 0.2) is 0 Å². The van der Waals surface area contributed by atoms with E-state index in [1.54, 1.807) is 12.4 Å². The summed E-state index contributed by atoms with van der Waals surface area (Å²) in [6.07, 6.45) is 9.14. The number of pyridine rings is 2. The molecular weight excluding hydrogens is 416 g/mol. The molecule has 0 bridgehead atoms. The van der Waals surface area contributed by atoms with Crippen molar-refractivity contribution in [2.24, 2.45) is 5.73 Å². The maximum absolute atomic E-state index is 12.7. The number of aryl methyl sites for hydroxylation is 1. The van der Waals surface area contributed by atoms with Gasteiger partial charge in [0.1, 0.15) is 5.54 Å². The van der Waals surface area contributed by atoms with E-state index in [-0.39, 0.29) is 5.91 Å². The molecule has 0 saturated heterocycles. The highest BCUT2D eigenvalue weighted by atomic mass is 79.9. The molecule has 0 fully saturated rings. The van der Waals surface area contributed by atoms with E-state index in [9.17, 15) is 4.79 Å². The second-order valence-corrected chi connectivity index (χ2v) is 7.59. The van der Waals surface area contributed by atoms with Gasteiger partial charge in [0.25, 0.3) is 0 Å². The van der Waals surface area contributed by atoms with Crippen molar-refractivity contribution in [1.82, 2.24) is 15.3 Å². The van der Waals surface area contributed by atoms with E-state index < -0.39 is 5.54 Å². The Morgan fingerprint density at radius 3 is 2.11 bits per heavy atom. The summed E-state index contributed by atoms with van der Waals surface area (Å²) in [5, 5.41) is 3.45. The SMILES string of the molecule is NC(=O)C(CCc1cccnc1)(NCCc1cccnc1)c1ccc(Br)cc1. The fraction of sp³-hybridized carbons (Fsp3) is 0.227. The van der Waals surface area contributed by atoms with E-state index in [2.05, 4.69) is 31.2 Å². The summed E-state index contributed by atoms with van der Waals surface area (Å²) in [5.74, 6) is -0.384. The first-order valence-corrected chi connectivity index (χ1v) is 9.98. The second-order valence-electron chi connectivity index (χ2n) is 6.68. The number of primary amides is 1. The Hall–Kier alpha value is -2.57. The molecule has 3 aromatic rings. The number of benzene rings is 1. The van der Waals surface area contributed by atoms with E-state index in [0.717, 1.165) is 27.6 Å². The van der Waals surface area contributed by atoms with Gasteiger partial charge in [-0.2, -0.15) is 0 Å². The van der Waals surface area contributed by atoms with Gasteiger partial charge in [-0.3, -0.25) is 20.1 Å². The number of nitrogens with one attached hydrogen (secondary N) is 1. The lowest BCUT2D eigenvalue weighted by Gasteiger charge is -2.33. The van der Waals surface area contributed by atoms with Crippen LogP contribution in [0.4, 0.5) is 0 Å². The Morgan fingerprint density at radius 1 is 0.964 bits per heavy atom. The minimum Gasteiger partial charge on any atom is -0.368 e. The van der Waals surface area contributed by atoms with E-state index in [0.29, 0.717) is 19.4 Å². The van der Waals surface area contributed by atoms with E-state index >= 15 is 0 Å². The molecular formula is C22H23BrN4O. The molecule has 1 atom stereocenters. The molecule has 6 heteroatoms. The number of aromatic nitrogens is 2. The number of hydrogen-bond donors (Lipinski definition) is 2. The maximum Gasteiger partial charge on any atom is 0.242 e. The Kier molecular flexibility index (Phi) is 6.90. The second kappa shape index (κ2) is 9.57. The van der Waals surface area contributed by atoms with E-state index in [4.69, 9.17) is 5.73 Å². The van der Waals surface area contributed by atoms with Gasteiger partial charge < -0.3 is 5.73 Å². The van der Waals surface area contributed by atoms with Gasteiger partial charge in [0.2, 0.25) is 5.91 Å². The summed E-state index contributed by atoms with van der Waals surface area (Å²) in [4.78, 5) is 21.0. The summed E-state index contributed by atoms with van der Waals surface area (Å²) >= 11 is 3.46. The smallest absolute Gasteiger partial charge is 0.242 e. The quantitative estimate of drug-likeness (QED) is 0.536. The molecule has 0 aliphatic carbocycles. The minimum absolute atomic E-state index is 0.384. The summed E-state index contributed by atoms with van der Waals surface area (Å²) in [6.45, 7) is 0.609. The summed E-state index contributed by atoms with van der Waals surface area (Å²) in [6, 6.07) is 15.6. The van der Waals surface area contributed by atoms with Crippen LogP contribution in [0.2, 0.25) is 0 Å². The standard InChI is InChI=1S/C22H23BrN4O/c23-20-7-5-19(6-8-20)22(21(24)28,11-9-17-3-1-12-25-15-17)27-14-10-18-4-2-13-26-16-18/h1-8,12-13,15-16,27H,9-11,14H2,(H2,24,28). The summed E-state index contributed by atoms with van der Waals surface area (Å²) in [7, 11) is 0. The maximum atomic E-state index is 12.7. The molecule has 3 N–H and O–H groups in total. The van der Waals surface area contributed by atoms with E-state index in [1.807, 2.05) is 60.9 Å². The Morgan fingerprint density at radius 2 is 1.57 bits per heavy atom. The molecule has 3 rings (SSSR count). The van der Waals surface area contributed by atoms with Gasteiger partial charge in [0, 0.05) is 35.8 Å². The third kappa shape index (κ3) is 5.03. The molecule has 1 unspecified atom stereocenters. The zero-order valence-electron chi connectivity index (χ0n) is 15.5. The zero-order valence-corrected chi connectivity index (χ0v) is 17.1. The van der Waals surface area contributed by atoms with Gasteiger partial charge in [-0.25, -0.2) is 0 Å². The van der Waals surface area contributed by atoms with Crippen LogP contribution in [-0.2, 0) is 23.2 Å². The van der Waals surface area contributed by atoms with Crippen molar-refractivity contribution < 1.29 is 4.79 Å². The number of nitrogens with two attached hydrogens (primary N) is 1. The lowest BCUT2D eigenvalue weighted by molar-refractivity contribution is -0.125. The Bertz CT molecular complexity index is 887. The van der Waals surface area contributed by atoms with Gasteiger partial charge in [-0.05, 0) is 60.2 Å². The molecule has 0 aliphatic rings. The monoisotopic (exact) mass is 438 g/mol. The fourth-order valence-electron chi connectivity index (χ4n) is 3.27. The number of nitrogens with zero attached hydrogens (tertiary/aromatic N) is 2. The van der Waals surface area contributed by atoms with Crippen LogP contribution in [0.5, 0.6) is 0 Å². The first kappa shape index (κ1) is 20.2. The third-order valence-corrected chi connectivity index (χ3v) is 5.36. The lowest BCUT2D eigenvalue weighted by atomic mass is 9.83. The summed E-state index contributed by atoms with van der Waals surface area (Å²) in [5.41, 5.74) is 8.02. The fourth-order valence-corrected chi connectivity index (χ4v) is 3.53. The zero-order chi connectivity index (χ0) is 19.8. The molecule has 0 spiro atoms. The van der Waals surface area contributed by atoms with Crippen LogP contribution in [0.15, 0.2) is 77.8 Å².